The highest BCUT2D eigenvalue weighted by Gasteiger charge is 2.10. The minimum absolute atomic E-state index is 0.0934. The monoisotopic (exact) mass is 353 g/mol. The van der Waals surface area contributed by atoms with Crippen LogP contribution in [0.4, 0.5) is 0 Å². The number of aromatic nitrogens is 1. The van der Waals surface area contributed by atoms with Crippen molar-refractivity contribution in [3.63, 3.8) is 0 Å². The van der Waals surface area contributed by atoms with Gasteiger partial charge in [0.1, 0.15) is 5.15 Å². The number of carbonyl (C=O) groups excluding carboxylic acids is 1. The number of ether oxygens (including phenoxy) is 2. The number of benzene rings is 2. The summed E-state index contributed by atoms with van der Waals surface area (Å²) in [6, 6.07) is 14.5. The summed E-state index contributed by atoms with van der Waals surface area (Å²) in [6.07, 6.45) is 3.16. The minimum atomic E-state index is -0.0934. The van der Waals surface area contributed by atoms with Crippen molar-refractivity contribution in [1.82, 2.24) is 4.98 Å². The number of fused-ring (bicyclic) bond motifs is 1. The standard InChI is InChI=1S/C20H16ClNO3/c1-24-18-11-15-10-14(20(21)22-16(15)12-19(18)25-2)8-9-17(23)13-6-4-3-5-7-13/h3-12H,1-2H3. The zero-order valence-corrected chi connectivity index (χ0v) is 14.6. The Kier molecular flexibility index (Phi) is 5.00. The van der Waals surface area contributed by atoms with Crippen molar-refractivity contribution < 1.29 is 14.3 Å². The molecule has 1 heterocycles. The van der Waals surface area contributed by atoms with E-state index < -0.39 is 0 Å². The van der Waals surface area contributed by atoms with E-state index in [1.165, 1.54) is 6.08 Å². The van der Waals surface area contributed by atoms with E-state index in [2.05, 4.69) is 4.98 Å². The molecule has 3 aromatic rings. The Morgan fingerprint density at radius 2 is 1.72 bits per heavy atom. The molecule has 5 heteroatoms. The van der Waals surface area contributed by atoms with Gasteiger partial charge in [0.05, 0.1) is 19.7 Å². The molecule has 0 atom stereocenters. The predicted octanol–water partition coefficient (Wildman–Crippen LogP) is 4.80. The van der Waals surface area contributed by atoms with Gasteiger partial charge in [-0.05, 0) is 24.3 Å². The molecule has 0 aliphatic heterocycles. The topological polar surface area (TPSA) is 48.4 Å². The van der Waals surface area contributed by atoms with Crippen LogP contribution in [0.3, 0.4) is 0 Å². The van der Waals surface area contributed by atoms with Crippen LogP contribution in [-0.4, -0.2) is 25.0 Å². The second kappa shape index (κ2) is 7.36. The van der Waals surface area contributed by atoms with Crippen LogP contribution < -0.4 is 9.47 Å². The molecule has 2 aromatic carbocycles. The molecule has 0 saturated carbocycles. The summed E-state index contributed by atoms with van der Waals surface area (Å²) in [5.74, 6) is 1.10. The largest absolute Gasteiger partial charge is 0.493 e. The number of hydrogen-bond acceptors (Lipinski definition) is 4. The molecule has 25 heavy (non-hydrogen) atoms. The van der Waals surface area contributed by atoms with Crippen molar-refractivity contribution in [2.24, 2.45) is 0 Å². The Morgan fingerprint density at radius 3 is 2.40 bits per heavy atom. The molecule has 0 bridgehead atoms. The molecular weight excluding hydrogens is 338 g/mol. The summed E-state index contributed by atoms with van der Waals surface area (Å²) in [5.41, 5.74) is 1.97. The number of nitrogens with zero attached hydrogens (tertiary/aromatic N) is 1. The lowest BCUT2D eigenvalue weighted by molar-refractivity contribution is 0.104. The maximum atomic E-state index is 12.2. The van der Waals surface area contributed by atoms with Crippen LogP contribution in [0.5, 0.6) is 11.5 Å². The molecule has 0 amide bonds. The van der Waals surface area contributed by atoms with Crippen LogP contribution in [0.1, 0.15) is 15.9 Å². The van der Waals surface area contributed by atoms with E-state index in [1.807, 2.05) is 30.3 Å². The summed E-state index contributed by atoms with van der Waals surface area (Å²) < 4.78 is 10.6. The number of ketones is 1. The Labute approximate surface area is 150 Å². The quantitative estimate of drug-likeness (QED) is 0.375. The fourth-order valence-electron chi connectivity index (χ4n) is 2.47. The van der Waals surface area contributed by atoms with Gasteiger partial charge in [-0.15, -0.1) is 0 Å². The summed E-state index contributed by atoms with van der Waals surface area (Å²) in [7, 11) is 3.14. The number of halogens is 1. The van der Waals surface area contributed by atoms with E-state index in [4.69, 9.17) is 21.1 Å². The summed E-state index contributed by atoms with van der Waals surface area (Å²) in [6.45, 7) is 0. The second-order valence-corrected chi connectivity index (χ2v) is 5.69. The average Bonchev–Trinajstić information content (AvgIpc) is 2.65. The lowest BCUT2D eigenvalue weighted by atomic mass is 10.1. The maximum absolute atomic E-state index is 12.2. The van der Waals surface area contributed by atoms with Gasteiger partial charge in [-0.2, -0.15) is 0 Å². The smallest absolute Gasteiger partial charge is 0.185 e. The van der Waals surface area contributed by atoms with E-state index in [0.29, 0.717) is 33.3 Å². The molecule has 0 aliphatic carbocycles. The molecule has 0 N–H and O–H groups in total. The third-order valence-electron chi connectivity index (χ3n) is 3.77. The Hall–Kier alpha value is -2.85. The van der Waals surface area contributed by atoms with E-state index in [-0.39, 0.29) is 5.78 Å². The number of allylic oxidation sites excluding steroid dienone is 1. The van der Waals surface area contributed by atoms with Gasteiger partial charge < -0.3 is 9.47 Å². The highest BCUT2D eigenvalue weighted by molar-refractivity contribution is 6.31. The zero-order chi connectivity index (χ0) is 17.8. The molecule has 0 aliphatic rings. The molecular formula is C20H16ClNO3. The van der Waals surface area contributed by atoms with Crippen molar-refractivity contribution in [2.75, 3.05) is 14.2 Å². The molecule has 3 rings (SSSR count). The molecule has 1 aromatic heterocycles. The highest BCUT2D eigenvalue weighted by atomic mass is 35.5. The van der Waals surface area contributed by atoms with Gasteiger partial charge in [0.2, 0.25) is 0 Å². The summed E-state index contributed by atoms with van der Waals surface area (Å²) >= 11 is 6.26. The molecule has 4 nitrogen and oxygen atoms in total. The van der Waals surface area contributed by atoms with Gasteiger partial charge >= 0.3 is 0 Å². The lowest BCUT2D eigenvalue weighted by Crippen LogP contribution is -1.94. The fraction of sp³-hybridized carbons (Fsp3) is 0.100. The number of hydrogen-bond donors (Lipinski definition) is 0. The number of carbonyl (C=O) groups is 1. The van der Waals surface area contributed by atoms with Crippen molar-refractivity contribution in [3.05, 3.63) is 70.9 Å². The van der Waals surface area contributed by atoms with Crippen molar-refractivity contribution in [2.45, 2.75) is 0 Å². The molecule has 0 saturated heterocycles. The van der Waals surface area contributed by atoms with E-state index in [9.17, 15) is 4.79 Å². The van der Waals surface area contributed by atoms with Crippen LogP contribution in [-0.2, 0) is 0 Å². The van der Waals surface area contributed by atoms with Gasteiger partial charge in [-0.25, -0.2) is 4.98 Å². The van der Waals surface area contributed by atoms with Gasteiger partial charge in [-0.3, -0.25) is 4.79 Å². The van der Waals surface area contributed by atoms with E-state index in [1.54, 1.807) is 38.5 Å². The van der Waals surface area contributed by atoms with Crippen LogP contribution in [0.15, 0.2) is 54.6 Å². The minimum Gasteiger partial charge on any atom is -0.493 e. The second-order valence-electron chi connectivity index (χ2n) is 5.33. The molecule has 0 radical (unpaired) electrons. The van der Waals surface area contributed by atoms with Gasteiger partial charge in [-0.1, -0.05) is 41.9 Å². The maximum Gasteiger partial charge on any atom is 0.185 e. The fourth-order valence-corrected chi connectivity index (χ4v) is 2.68. The first kappa shape index (κ1) is 17.0. The molecule has 0 fully saturated rings. The Morgan fingerprint density at radius 1 is 1.04 bits per heavy atom. The number of pyridine rings is 1. The Bertz CT molecular complexity index is 952. The van der Waals surface area contributed by atoms with Gasteiger partial charge in [0, 0.05) is 22.6 Å². The van der Waals surface area contributed by atoms with E-state index >= 15 is 0 Å². The number of rotatable bonds is 5. The Balaban J connectivity index is 1.98. The average molecular weight is 354 g/mol. The van der Waals surface area contributed by atoms with Crippen LogP contribution in [0, 0.1) is 0 Å². The first-order valence-electron chi connectivity index (χ1n) is 7.62. The van der Waals surface area contributed by atoms with Crippen molar-refractivity contribution in [3.8, 4) is 11.5 Å². The molecule has 0 spiro atoms. The summed E-state index contributed by atoms with van der Waals surface area (Å²) in [4.78, 5) is 16.6. The van der Waals surface area contributed by atoms with Crippen molar-refractivity contribution >= 4 is 34.4 Å². The van der Waals surface area contributed by atoms with Crippen molar-refractivity contribution in [1.29, 1.82) is 0 Å². The van der Waals surface area contributed by atoms with Gasteiger partial charge in [0.15, 0.2) is 17.3 Å². The predicted molar refractivity (Wildman–Crippen MR) is 99.7 cm³/mol. The highest BCUT2D eigenvalue weighted by Crippen LogP contribution is 2.33. The van der Waals surface area contributed by atoms with E-state index in [0.717, 1.165) is 5.39 Å². The first-order chi connectivity index (χ1) is 12.1. The van der Waals surface area contributed by atoms with Crippen LogP contribution in [0.25, 0.3) is 17.0 Å². The zero-order valence-electron chi connectivity index (χ0n) is 13.8. The first-order valence-corrected chi connectivity index (χ1v) is 8.00. The normalized spacial score (nSPS) is 11.0. The number of methoxy groups -OCH3 is 2. The van der Waals surface area contributed by atoms with Crippen LogP contribution in [0.2, 0.25) is 5.15 Å². The lowest BCUT2D eigenvalue weighted by Gasteiger charge is -2.09. The third kappa shape index (κ3) is 3.64. The SMILES string of the molecule is COc1cc2cc(C=CC(=O)c3ccccc3)c(Cl)nc2cc1OC. The summed E-state index contributed by atoms with van der Waals surface area (Å²) in [5, 5.41) is 1.16. The third-order valence-corrected chi connectivity index (χ3v) is 4.08. The van der Waals surface area contributed by atoms with Crippen LogP contribution >= 0.6 is 11.6 Å². The molecule has 0 unspecified atom stereocenters. The van der Waals surface area contributed by atoms with Gasteiger partial charge in [0.25, 0.3) is 0 Å². The molecule has 126 valence electrons.